The van der Waals surface area contributed by atoms with E-state index in [1.807, 2.05) is 60.7 Å². The van der Waals surface area contributed by atoms with Gasteiger partial charge in [0.15, 0.2) is 0 Å². The molecule has 0 aliphatic rings. The number of rotatable bonds is 3. The number of nitrogens with zero attached hydrogens (tertiary/aromatic N) is 2. The molecule has 0 saturated heterocycles. The highest BCUT2D eigenvalue weighted by molar-refractivity contribution is 6.06. The van der Waals surface area contributed by atoms with Crippen molar-refractivity contribution in [2.24, 2.45) is 5.10 Å². The minimum absolute atomic E-state index is 0.265. The summed E-state index contributed by atoms with van der Waals surface area (Å²) in [6, 6.07) is 30.8. The summed E-state index contributed by atoms with van der Waals surface area (Å²) in [5.74, 6) is 0.294. The molecule has 0 spiro atoms. The number of carbonyl (C=O) groups excluding carboxylic acids is 1. The highest BCUT2D eigenvalue weighted by Gasteiger charge is 2.13. The summed E-state index contributed by atoms with van der Waals surface area (Å²) in [5.41, 5.74) is 6.46. The van der Waals surface area contributed by atoms with E-state index in [0.717, 1.165) is 27.2 Å². The lowest BCUT2D eigenvalue weighted by molar-refractivity contribution is 0.0951. The van der Waals surface area contributed by atoms with Crippen molar-refractivity contribution in [1.82, 2.24) is 15.4 Å². The van der Waals surface area contributed by atoms with Crippen molar-refractivity contribution >= 4 is 38.7 Å². The third-order valence-corrected chi connectivity index (χ3v) is 5.60. The molecule has 4 aromatic carbocycles. The third-order valence-electron chi connectivity index (χ3n) is 5.60. The van der Waals surface area contributed by atoms with Crippen LogP contribution in [0.15, 0.2) is 107 Å². The number of aromatic amines is 1. The molecule has 6 aromatic rings. The van der Waals surface area contributed by atoms with Crippen molar-refractivity contribution in [3.05, 3.63) is 108 Å². The van der Waals surface area contributed by atoms with E-state index >= 15 is 0 Å². The van der Waals surface area contributed by atoms with E-state index in [4.69, 9.17) is 9.40 Å². The van der Waals surface area contributed by atoms with E-state index in [0.29, 0.717) is 22.5 Å². The molecule has 0 aliphatic carbocycles. The molecule has 0 fully saturated rings. The number of nitrogens with one attached hydrogen (secondary N) is 2. The minimum Gasteiger partial charge on any atom is -0.436 e. The van der Waals surface area contributed by atoms with Gasteiger partial charge in [-0.1, -0.05) is 60.7 Å². The monoisotopic (exact) mass is 430 g/mol. The molecule has 0 bridgehead atoms. The maximum atomic E-state index is 12.6. The maximum absolute atomic E-state index is 12.6. The Hall–Kier alpha value is -4.71. The number of carbonyl (C=O) groups is 1. The van der Waals surface area contributed by atoms with E-state index in [9.17, 15) is 4.79 Å². The number of benzene rings is 4. The Morgan fingerprint density at radius 2 is 1.64 bits per heavy atom. The highest BCUT2D eigenvalue weighted by Crippen LogP contribution is 2.28. The lowest BCUT2D eigenvalue weighted by atomic mass is 10.0. The lowest BCUT2D eigenvalue weighted by Crippen LogP contribution is -2.22. The van der Waals surface area contributed by atoms with Crippen LogP contribution in [-0.2, 0) is 0 Å². The number of amides is 1. The Bertz CT molecular complexity index is 1680. The van der Waals surface area contributed by atoms with E-state index < -0.39 is 0 Å². The summed E-state index contributed by atoms with van der Waals surface area (Å²) in [7, 11) is 0. The molecular weight excluding hydrogens is 412 g/mol. The number of imidazole rings is 1. The van der Waals surface area contributed by atoms with Crippen LogP contribution in [0.25, 0.3) is 44.2 Å². The molecule has 0 radical (unpaired) electrons. The van der Waals surface area contributed by atoms with Crippen molar-refractivity contribution in [2.45, 2.75) is 0 Å². The summed E-state index contributed by atoms with van der Waals surface area (Å²) >= 11 is 0. The minimum atomic E-state index is -0.319. The number of para-hydroxylation sites is 2. The standard InChI is InChI=1S/C27H18N4O2/c32-26(18-9-2-1-3-10-18)30-31-27-21(25-28-22-12-6-7-13-23(22)29-25)16-20-19-11-5-4-8-17(19)14-15-24(20)33-27/h1-16H,(H,28,29)(H,30,32). The molecular formula is C27H18N4O2. The molecule has 2 N–H and O–H groups in total. The van der Waals surface area contributed by atoms with Crippen molar-refractivity contribution in [1.29, 1.82) is 0 Å². The maximum Gasteiger partial charge on any atom is 0.271 e. The first-order valence-electron chi connectivity index (χ1n) is 10.6. The Kier molecular flexibility index (Phi) is 4.47. The molecule has 0 atom stereocenters. The van der Waals surface area contributed by atoms with Gasteiger partial charge in [-0.15, -0.1) is 5.10 Å². The zero-order chi connectivity index (χ0) is 22.2. The van der Waals surface area contributed by atoms with Crippen LogP contribution in [0.5, 0.6) is 0 Å². The number of fused-ring (bicyclic) bond motifs is 4. The quantitative estimate of drug-likeness (QED) is 0.292. The molecule has 6 heteroatoms. The van der Waals surface area contributed by atoms with Crippen molar-refractivity contribution in [3.63, 3.8) is 0 Å². The van der Waals surface area contributed by atoms with Crippen molar-refractivity contribution < 1.29 is 9.21 Å². The summed E-state index contributed by atoms with van der Waals surface area (Å²) in [6.45, 7) is 0. The van der Waals surface area contributed by atoms with Crippen LogP contribution in [0.2, 0.25) is 0 Å². The molecule has 2 aromatic heterocycles. The molecule has 1 amide bonds. The summed E-state index contributed by atoms with van der Waals surface area (Å²) < 4.78 is 6.20. The molecule has 6 nitrogen and oxygen atoms in total. The Labute approximate surface area is 188 Å². The predicted octanol–water partition coefficient (Wildman–Crippen LogP) is 5.38. The second kappa shape index (κ2) is 7.76. The molecule has 0 aliphatic heterocycles. The fraction of sp³-hybridized carbons (Fsp3) is 0. The third kappa shape index (κ3) is 3.43. The Morgan fingerprint density at radius 1 is 0.848 bits per heavy atom. The van der Waals surface area contributed by atoms with Gasteiger partial charge < -0.3 is 9.40 Å². The predicted molar refractivity (Wildman–Crippen MR) is 128 cm³/mol. The van der Waals surface area contributed by atoms with Gasteiger partial charge in [-0.25, -0.2) is 10.4 Å². The topological polar surface area (TPSA) is 83.3 Å². The normalized spacial score (nSPS) is 11.9. The average Bonchev–Trinajstić information content (AvgIpc) is 3.31. The molecule has 0 unspecified atom stereocenters. The Balaban J connectivity index is 1.57. The van der Waals surface area contributed by atoms with Crippen LogP contribution >= 0.6 is 0 Å². The zero-order valence-electron chi connectivity index (χ0n) is 17.4. The van der Waals surface area contributed by atoms with Gasteiger partial charge in [0.05, 0.1) is 16.6 Å². The van der Waals surface area contributed by atoms with Gasteiger partial charge in [-0.05, 0) is 47.2 Å². The van der Waals surface area contributed by atoms with E-state index in [1.165, 1.54) is 0 Å². The fourth-order valence-corrected chi connectivity index (χ4v) is 3.97. The number of H-pyrrole nitrogens is 1. The highest BCUT2D eigenvalue weighted by atomic mass is 16.3. The van der Waals surface area contributed by atoms with Crippen LogP contribution in [-0.4, -0.2) is 15.9 Å². The largest absolute Gasteiger partial charge is 0.436 e. The second-order valence-electron chi connectivity index (χ2n) is 7.69. The zero-order valence-corrected chi connectivity index (χ0v) is 17.4. The second-order valence-corrected chi connectivity index (χ2v) is 7.69. The molecule has 2 heterocycles. The van der Waals surface area contributed by atoms with E-state index in [-0.39, 0.29) is 11.5 Å². The molecule has 6 rings (SSSR count). The Morgan fingerprint density at radius 3 is 2.52 bits per heavy atom. The summed E-state index contributed by atoms with van der Waals surface area (Å²) in [4.78, 5) is 20.6. The fourth-order valence-electron chi connectivity index (χ4n) is 3.97. The van der Waals surface area contributed by atoms with Crippen LogP contribution < -0.4 is 11.0 Å². The summed E-state index contributed by atoms with van der Waals surface area (Å²) in [6.07, 6.45) is 0. The van der Waals surface area contributed by atoms with Gasteiger partial charge in [-0.3, -0.25) is 4.79 Å². The van der Waals surface area contributed by atoms with Gasteiger partial charge in [-0.2, -0.15) is 0 Å². The SMILES string of the molecule is O=C(NN=c1oc2ccc3ccccc3c2cc1-c1nc2ccccc2[nH]1)c1ccccc1. The summed E-state index contributed by atoms with van der Waals surface area (Å²) in [5, 5.41) is 7.45. The molecule has 0 saturated carbocycles. The van der Waals surface area contributed by atoms with Crippen molar-refractivity contribution in [2.75, 3.05) is 0 Å². The van der Waals surface area contributed by atoms with Gasteiger partial charge in [0.1, 0.15) is 11.4 Å². The first-order chi connectivity index (χ1) is 16.3. The van der Waals surface area contributed by atoms with E-state index in [2.05, 4.69) is 27.6 Å². The molecule has 33 heavy (non-hydrogen) atoms. The number of hydrogen-bond donors (Lipinski definition) is 2. The number of hydrogen-bond acceptors (Lipinski definition) is 4. The van der Waals surface area contributed by atoms with Gasteiger partial charge >= 0.3 is 0 Å². The van der Waals surface area contributed by atoms with Gasteiger partial charge in [0.2, 0.25) is 5.55 Å². The van der Waals surface area contributed by atoms with Crippen LogP contribution in [0.3, 0.4) is 0 Å². The van der Waals surface area contributed by atoms with Crippen molar-refractivity contribution in [3.8, 4) is 11.4 Å². The van der Waals surface area contributed by atoms with E-state index in [1.54, 1.807) is 24.3 Å². The van der Waals surface area contributed by atoms with Gasteiger partial charge in [0.25, 0.3) is 5.91 Å². The molecule has 158 valence electrons. The number of aromatic nitrogens is 2. The van der Waals surface area contributed by atoms with Crippen LogP contribution in [0, 0.1) is 0 Å². The first-order valence-corrected chi connectivity index (χ1v) is 10.6. The van der Waals surface area contributed by atoms with Gasteiger partial charge in [0, 0.05) is 10.9 Å². The smallest absolute Gasteiger partial charge is 0.271 e. The van der Waals surface area contributed by atoms with Crippen LogP contribution in [0.4, 0.5) is 0 Å². The average molecular weight is 430 g/mol. The van der Waals surface area contributed by atoms with Crippen LogP contribution in [0.1, 0.15) is 10.4 Å². The first kappa shape index (κ1) is 19.0. The lowest BCUT2D eigenvalue weighted by Gasteiger charge is -2.06.